The molecule has 0 spiro atoms. The van der Waals surface area contributed by atoms with Crippen LogP contribution < -0.4 is 5.73 Å². The van der Waals surface area contributed by atoms with E-state index in [0.717, 1.165) is 12.8 Å². The zero-order valence-electron chi connectivity index (χ0n) is 8.59. The second-order valence-electron chi connectivity index (χ2n) is 4.64. The summed E-state index contributed by atoms with van der Waals surface area (Å²) < 4.78 is 25.8. The summed E-state index contributed by atoms with van der Waals surface area (Å²) in [6.45, 7) is -0.213. The van der Waals surface area contributed by atoms with Crippen LogP contribution in [0.4, 0.5) is 8.78 Å². The van der Waals surface area contributed by atoms with Crippen LogP contribution in [0.1, 0.15) is 25.7 Å². The fourth-order valence-corrected chi connectivity index (χ4v) is 2.42. The Balaban J connectivity index is 1.92. The molecule has 0 aromatic carbocycles. The summed E-state index contributed by atoms with van der Waals surface area (Å²) in [5, 5.41) is 0. The minimum absolute atomic E-state index is 0.0714. The van der Waals surface area contributed by atoms with Gasteiger partial charge in [-0.25, -0.2) is 8.78 Å². The van der Waals surface area contributed by atoms with Gasteiger partial charge >= 0.3 is 0 Å². The predicted octanol–water partition coefficient (Wildman–Crippen LogP) is 0.981. The van der Waals surface area contributed by atoms with E-state index in [1.54, 1.807) is 0 Å². The molecule has 2 atom stereocenters. The smallest absolute Gasteiger partial charge is 0.267 e. The Hall–Kier alpha value is -0.710. The van der Waals surface area contributed by atoms with Crippen LogP contribution in [-0.4, -0.2) is 35.9 Å². The van der Waals surface area contributed by atoms with E-state index in [1.807, 2.05) is 0 Å². The molecule has 0 radical (unpaired) electrons. The standard InChI is InChI=1S/C10H16F2N2O/c11-10(12)3-4-14(6-10)9(15)7-1-2-8(13)5-7/h7-8H,1-6,13H2/t7-,8+/m1/s1. The number of alkyl halides is 2. The van der Waals surface area contributed by atoms with E-state index in [2.05, 4.69) is 0 Å². The fourth-order valence-electron chi connectivity index (χ4n) is 2.42. The van der Waals surface area contributed by atoms with Crippen LogP contribution in [0.5, 0.6) is 0 Å². The lowest BCUT2D eigenvalue weighted by atomic mass is 10.1. The molecule has 1 aliphatic heterocycles. The first-order valence-corrected chi connectivity index (χ1v) is 5.40. The molecule has 0 bridgehead atoms. The average molecular weight is 218 g/mol. The summed E-state index contributed by atoms with van der Waals surface area (Å²) in [6.07, 6.45) is 2.04. The molecule has 1 saturated heterocycles. The van der Waals surface area contributed by atoms with Gasteiger partial charge < -0.3 is 10.6 Å². The van der Waals surface area contributed by atoms with E-state index < -0.39 is 12.5 Å². The van der Waals surface area contributed by atoms with Crippen molar-refractivity contribution in [3.63, 3.8) is 0 Å². The largest absolute Gasteiger partial charge is 0.336 e. The van der Waals surface area contributed by atoms with E-state index in [9.17, 15) is 13.6 Å². The van der Waals surface area contributed by atoms with Gasteiger partial charge in [0.05, 0.1) is 6.54 Å². The van der Waals surface area contributed by atoms with Crippen molar-refractivity contribution in [2.75, 3.05) is 13.1 Å². The first-order valence-electron chi connectivity index (χ1n) is 5.40. The van der Waals surface area contributed by atoms with Crippen molar-refractivity contribution in [2.45, 2.75) is 37.6 Å². The second-order valence-corrected chi connectivity index (χ2v) is 4.64. The van der Waals surface area contributed by atoms with Crippen LogP contribution >= 0.6 is 0 Å². The summed E-state index contributed by atoms with van der Waals surface area (Å²) in [6, 6.07) is 0.0714. The number of amides is 1. The molecule has 0 unspecified atom stereocenters. The topological polar surface area (TPSA) is 46.3 Å². The molecule has 86 valence electrons. The SMILES string of the molecule is N[C@H]1CC[C@@H](C(=O)N2CCC(F)(F)C2)C1. The van der Waals surface area contributed by atoms with Gasteiger partial charge in [-0.15, -0.1) is 0 Å². The van der Waals surface area contributed by atoms with Gasteiger partial charge in [0.1, 0.15) is 0 Å². The Morgan fingerprint density at radius 3 is 2.60 bits per heavy atom. The van der Waals surface area contributed by atoms with E-state index in [-0.39, 0.29) is 30.8 Å². The number of nitrogens with zero attached hydrogens (tertiary/aromatic N) is 1. The lowest BCUT2D eigenvalue weighted by Crippen LogP contribution is -2.35. The van der Waals surface area contributed by atoms with Crippen molar-refractivity contribution in [2.24, 2.45) is 11.7 Å². The minimum Gasteiger partial charge on any atom is -0.336 e. The predicted molar refractivity (Wildman–Crippen MR) is 51.5 cm³/mol. The number of nitrogens with two attached hydrogens (primary N) is 1. The number of rotatable bonds is 1. The molecule has 15 heavy (non-hydrogen) atoms. The highest BCUT2D eigenvalue weighted by atomic mass is 19.3. The Bertz CT molecular complexity index is 270. The first-order chi connectivity index (χ1) is 6.98. The normalized spacial score (nSPS) is 34.7. The number of halogens is 2. The van der Waals surface area contributed by atoms with Gasteiger partial charge in [-0.2, -0.15) is 0 Å². The molecule has 0 aromatic rings. The molecular formula is C10H16F2N2O. The Labute approximate surface area is 87.6 Å². The fraction of sp³-hybridized carbons (Fsp3) is 0.900. The third kappa shape index (κ3) is 2.27. The zero-order valence-corrected chi connectivity index (χ0v) is 8.59. The van der Waals surface area contributed by atoms with E-state index in [4.69, 9.17) is 5.73 Å². The van der Waals surface area contributed by atoms with E-state index >= 15 is 0 Å². The van der Waals surface area contributed by atoms with E-state index in [0.29, 0.717) is 6.42 Å². The van der Waals surface area contributed by atoms with Crippen molar-refractivity contribution >= 4 is 5.91 Å². The number of carbonyl (C=O) groups is 1. The number of likely N-dealkylation sites (tertiary alicyclic amines) is 1. The van der Waals surface area contributed by atoms with Crippen molar-refractivity contribution in [1.29, 1.82) is 0 Å². The van der Waals surface area contributed by atoms with Crippen LogP contribution in [0, 0.1) is 5.92 Å². The maximum Gasteiger partial charge on any atom is 0.267 e. The zero-order chi connectivity index (χ0) is 11.1. The van der Waals surface area contributed by atoms with Crippen molar-refractivity contribution in [3.8, 4) is 0 Å². The average Bonchev–Trinajstić information content (AvgIpc) is 2.71. The highest BCUT2D eigenvalue weighted by Crippen LogP contribution is 2.31. The summed E-state index contributed by atoms with van der Waals surface area (Å²) in [7, 11) is 0. The van der Waals surface area contributed by atoms with Crippen LogP contribution in [-0.2, 0) is 4.79 Å². The van der Waals surface area contributed by atoms with Crippen LogP contribution in [0.2, 0.25) is 0 Å². The van der Waals surface area contributed by atoms with Crippen molar-refractivity contribution in [3.05, 3.63) is 0 Å². The Kier molecular flexibility index (Phi) is 2.66. The Morgan fingerprint density at radius 2 is 2.13 bits per heavy atom. The molecule has 2 fully saturated rings. The summed E-state index contributed by atoms with van der Waals surface area (Å²) in [5.41, 5.74) is 5.70. The molecule has 2 N–H and O–H groups in total. The lowest BCUT2D eigenvalue weighted by molar-refractivity contribution is -0.135. The molecule has 5 heteroatoms. The maximum atomic E-state index is 12.9. The van der Waals surface area contributed by atoms with Crippen LogP contribution in [0.3, 0.4) is 0 Å². The number of hydrogen-bond donors (Lipinski definition) is 1. The number of hydrogen-bond acceptors (Lipinski definition) is 2. The monoisotopic (exact) mass is 218 g/mol. The van der Waals surface area contributed by atoms with Gasteiger partial charge in [-0.1, -0.05) is 0 Å². The molecule has 1 heterocycles. The highest BCUT2D eigenvalue weighted by molar-refractivity contribution is 5.79. The van der Waals surface area contributed by atoms with Gasteiger partial charge in [0.2, 0.25) is 5.91 Å². The van der Waals surface area contributed by atoms with Crippen molar-refractivity contribution < 1.29 is 13.6 Å². The second kappa shape index (κ2) is 3.70. The van der Waals surface area contributed by atoms with Gasteiger partial charge in [0.15, 0.2) is 0 Å². The molecule has 0 aromatic heterocycles. The summed E-state index contributed by atoms with van der Waals surface area (Å²) in [4.78, 5) is 13.1. The lowest BCUT2D eigenvalue weighted by Gasteiger charge is -2.20. The quantitative estimate of drug-likeness (QED) is 0.713. The molecule has 2 rings (SSSR count). The maximum absolute atomic E-state index is 12.9. The Morgan fingerprint density at radius 1 is 1.40 bits per heavy atom. The van der Waals surface area contributed by atoms with Gasteiger partial charge in [0, 0.05) is 24.9 Å². The molecule has 1 saturated carbocycles. The highest BCUT2D eigenvalue weighted by Gasteiger charge is 2.42. The van der Waals surface area contributed by atoms with Crippen LogP contribution in [0.25, 0.3) is 0 Å². The van der Waals surface area contributed by atoms with E-state index in [1.165, 1.54) is 4.90 Å². The minimum atomic E-state index is -2.68. The third-order valence-corrected chi connectivity index (χ3v) is 3.30. The van der Waals surface area contributed by atoms with Gasteiger partial charge in [0.25, 0.3) is 5.92 Å². The number of carbonyl (C=O) groups excluding carboxylic acids is 1. The summed E-state index contributed by atoms with van der Waals surface area (Å²) in [5.74, 6) is -2.93. The van der Waals surface area contributed by atoms with Crippen LogP contribution in [0.15, 0.2) is 0 Å². The molecule has 3 nitrogen and oxygen atoms in total. The summed E-state index contributed by atoms with van der Waals surface area (Å²) >= 11 is 0. The third-order valence-electron chi connectivity index (χ3n) is 3.30. The van der Waals surface area contributed by atoms with Gasteiger partial charge in [-0.3, -0.25) is 4.79 Å². The molecule has 2 aliphatic rings. The molecule has 1 aliphatic carbocycles. The first kappa shape index (κ1) is 10.8. The van der Waals surface area contributed by atoms with Gasteiger partial charge in [-0.05, 0) is 19.3 Å². The molecular weight excluding hydrogens is 202 g/mol. The van der Waals surface area contributed by atoms with Crippen molar-refractivity contribution in [1.82, 2.24) is 4.90 Å². The molecule has 1 amide bonds.